The smallest absolute Gasteiger partial charge is 0.255 e. The molecule has 2 N–H and O–H groups in total. The van der Waals surface area contributed by atoms with Crippen LogP contribution in [0.15, 0.2) is 78.9 Å². The van der Waals surface area contributed by atoms with Crippen LogP contribution in [0.1, 0.15) is 39.6 Å². The third kappa shape index (κ3) is 6.43. The van der Waals surface area contributed by atoms with Gasteiger partial charge in [-0.15, -0.1) is 0 Å². The maximum Gasteiger partial charge on any atom is 0.255 e. The topological polar surface area (TPSA) is 95.6 Å². The van der Waals surface area contributed by atoms with Gasteiger partial charge in [0.1, 0.15) is 0 Å². The first-order valence-electron chi connectivity index (χ1n) is 10.6. The van der Waals surface area contributed by atoms with Crippen molar-refractivity contribution in [1.29, 1.82) is 0 Å². The van der Waals surface area contributed by atoms with E-state index < -0.39 is 10.0 Å². The zero-order valence-electron chi connectivity index (χ0n) is 18.6. The van der Waals surface area contributed by atoms with Crippen molar-refractivity contribution >= 4 is 33.2 Å². The zero-order chi connectivity index (χ0) is 23.8. The molecule has 172 valence electrons. The van der Waals surface area contributed by atoms with Crippen LogP contribution in [0.2, 0.25) is 0 Å². The minimum Gasteiger partial charge on any atom is -0.352 e. The van der Waals surface area contributed by atoms with Crippen LogP contribution in [0.4, 0.5) is 11.4 Å². The summed E-state index contributed by atoms with van der Waals surface area (Å²) in [6.07, 6.45) is 1.98. The van der Waals surface area contributed by atoms with E-state index in [2.05, 4.69) is 10.6 Å². The number of sulfonamides is 1. The second-order valence-electron chi connectivity index (χ2n) is 7.56. The Morgan fingerprint density at radius 3 is 2.12 bits per heavy atom. The second-order valence-corrected chi connectivity index (χ2v) is 9.46. The van der Waals surface area contributed by atoms with E-state index in [1.165, 1.54) is 4.31 Å². The highest BCUT2D eigenvalue weighted by molar-refractivity contribution is 7.92. The predicted molar refractivity (Wildman–Crippen MR) is 131 cm³/mol. The molecule has 0 atom stereocenters. The largest absolute Gasteiger partial charge is 0.352 e. The van der Waals surface area contributed by atoms with Gasteiger partial charge in [-0.1, -0.05) is 49.4 Å². The first-order valence-corrected chi connectivity index (χ1v) is 12.4. The van der Waals surface area contributed by atoms with Gasteiger partial charge in [0.25, 0.3) is 11.8 Å². The third-order valence-electron chi connectivity index (χ3n) is 4.94. The van der Waals surface area contributed by atoms with E-state index in [9.17, 15) is 18.0 Å². The summed E-state index contributed by atoms with van der Waals surface area (Å²) in [5, 5.41) is 5.60. The first-order chi connectivity index (χ1) is 15.8. The molecule has 0 heterocycles. The standard InChI is InChI=1S/C25H27N3O4S/c1-3-17-26-25(30)22-11-7-8-12-23(22)27-24(29)20-15-13-19(14-16-20)18-28(33(2,31)32)21-9-5-4-6-10-21/h4-16H,3,17-18H2,1-2H3,(H,26,30)(H,27,29). The van der Waals surface area contributed by atoms with Gasteiger partial charge in [0.2, 0.25) is 10.0 Å². The molecular weight excluding hydrogens is 438 g/mol. The van der Waals surface area contributed by atoms with E-state index in [1.54, 1.807) is 72.8 Å². The number of para-hydroxylation sites is 2. The van der Waals surface area contributed by atoms with Crippen LogP contribution in [0.25, 0.3) is 0 Å². The number of hydrogen-bond donors (Lipinski definition) is 2. The van der Waals surface area contributed by atoms with E-state index in [1.807, 2.05) is 13.0 Å². The highest BCUT2D eigenvalue weighted by Crippen LogP contribution is 2.21. The van der Waals surface area contributed by atoms with Crippen LogP contribution < -0.4 is 14.9 Å². The summed E-state index contributed by atoms with van der Waals surface area (Å²) in [6, 6.07) is 22.4. The van der Waals surface area contributed by atoms with Gasteiger partial charge in [-0.05, 0) is 48.4 Å². The van der Waals surface area contributed by atoms with Crippen molar-refractivity contribution in [1.82, 2.24) is 5.32 Å². The lowest BCUT2D eigenvalue weighted by molar-refractivity contribution is 0.0954. The Morgan fingerprint density at radius 2 is 1.48 bits per heavy atom. The fourth-order valence-electron chi connectivity index (χ4n) is 3.24. The monoisotopic (exact) mass is 465 g/mol. The Balaban J connectivity index is 1.74. The van der Waals surface area contributed by atoms with Crippen LogP contribution in [0.3, 0.4) is 0 Å². The molecule has 0 aromatic heterocycles. The first kappa shape index (κ1) is 24.0. The van der Waals surface area contributed by atoms with Gasteiger partial charge in [0.15, 0.2) is 0 Å². The summed E-state index contributed by atoms with van der Waals surface area (Å²) in [5.74, 6) is -0.606. The molecule has 3 rings (SSSR count). The normalized spacial score (nSPS) is 11.0. The third-order valence-corrected chi connectivity index (χ3v) is 6.08. The van der Waals surface area contributed by atoms with Crippen molar-refractivity contribution < 1.29 is 18.0 Å². The maximum absolute atomic E-state index is 12.8. The average molecular weight is 466 g/mol. The second kappa shape index (κ2) is 10.8. The molecule has 0 aliphatic carbocycles. The van der Waals surface area contributed by atoms with Gasteiger partial charge in [-0.3, -0.25) is 13.9 Å². The SMILES string of the molecule is CCCNC(=O)c1ccccc1NC(=O)c1ccc(CN(c2ccccc2)S(C)(=O)=O)cc1. The number of amides is 2. The van der Waals surface area contributed by atoms with Crippen LogP contribution in [0, 0.1) is 0 Å². The molecule has 0 aliphatic heterocycles. The molecular formula is C25H27N3O4S. The quantitative estimate of drug-likeness (QED) is 0.498. The maximum atomic E-state index is 12.8. The van der Waals surface area contributed by atoms with E-state index in [4.69, 9.17) is 0 Å². The number of nitrogens with zero attached hydrogens (tertiary/aromatic N) is 1. The Bertz CT molecular complexity index is 1210. The fourth-order valence-corrected chi connectivity index (χ4v) is 4.13. The minimum absolute atomic E-state index is 0.144. The molecule has 0 fully saturated rings. The van der Waals surface area contributed by atoms with Gasteiger partial charge < -0.3 is 10.6 Å². The lowest BCUT2D eigenvalue weighted by Crippen LogP contribution is -2.29. The molecule has 0 saturated carbocycles. The van der Waals surface area contributed by atoms with Gasteiger partial charge >= 0.3 is 0 Å². The molecule has 0 unspecified atom stereocenters. The van der Waals surface area contributed by atoms with Crippen molar-refractivity contribution in [2.24, 2.45) is 0 Å². The average Bonchev–Trinajstić information content (AvgIpc) is 2.81. The molecule has 0 bridgehead atoms. The number of benzene rings is 3. The van der Waals surface area contributed by atoms with E-state index in [0.29, 0.717) is 29.0 Å². The minimum atomic E-state index is -3.49. The highest BCUT2D eigenvalue weighted by Gasteiger charge is 2.18. The lowest BCUT2D eigenvalue weighted by atomic mass is 10.1. The van der Waals surface area contributed by atoms with Crippen molar-refractivity contribution in [2.75, 3.05) is 22.4 Å². The number of carbonyl (C=O) groups is 2. The molecule has 2 amide bonds. The fraction of sp³-hybridized carbons (Fsp3) is 0.200. The molecule has 3 aromatic carbocycles. The Hall–Kier alpha value is -3.65. The van der Waals surface area contributed by atoms with Crippen LogP contribution in [-0.4, -0.2) is 33.0 Å². The van der Waals surface area contributed by atoms with Gasteiger partial charge in [-0.25, -0.2) is 8.42 Å². The summed E-state index contributed by atoms with van der Waals surface area (Å²) in [7, 11) is -3.49. The molecule has 3 aromatic rings. The lowest BCUT2D eigenvalue weighted by Gasteiger charge is -2.22. The van der Waals surface area contributed by atoms with Gasteiger partial charge in [0.05, 0.1) is 29.7 Å². The van der Waals surface area contributed by atoms with Crippen molar-refractivity contribution in [3.05, 3.63) is 95.6 Å². The number of carbonyl (C=O) groups excluding carboxylic acids is 2. The molecule has 7 nitrogen and oxygen atoms in total. The molecule has 0 aliphatic rings. The van der Waals surface area contributed by atoms with Gasteiger partial charge in [0, 0.05) is 12.1 Å². The molecule has 0 saturated heterocycles. The summed E-state index contributed by atoms with van der Waals surface area (Å²) < 4.78 is 25.9. The highest BCUT2D eigenvalue weighted by atomic mass is 32.2. The summed E-state index contributed by atoms with van der Waals surface area (Å²) >= 11 is 0. The summed E-state index contributed by atoms with van der Waals surface area (Å²) in [6.45, 7) is 2.66. The number of nitrogens with one attached hydrogen (secondary N) is 2. The molecule has 33 heavy (non-hydrogen) atoms. The zero-order valence-corrected chi connectivity index (χ0v) is 19.4. The number of rotatable bonds is 9. The summed E-state index contributed by atoms with van der Waals surface area (Å²) in [5.41, 5.74) is 2.52. The van der Waals surface area contributed by atoms with Crippen molar-refractivity contribution in [3.63, 3.8) is 0 Å². The van der Waals surface area contributed by atoms with Crippen molar-refractivity contribution in [2.45, 2.75) is 19.9 Å². The van der Waals surface area contributed by atoms with Gasteiger partial charge in [-0.2, -0.15) is 0 Å². The Labute approximate surface area is 194 Å². The van der Waals surface area contributed by atoms with E-state index in [-0.39, 0.29) is 18.4 Å². The Morgan fingerprint density at radius 1 is 0.848 bits per heavy atom. The molecule has 0 spiro atoms. The van der Waals surface area contributed by atoms with Crippen molar-refractivity contribution in [3.8, 4) is 0 Å². The molecule has 0 radical (unpaired) electrons. The number of anilines is 2. The van der Waals surface area contributed by atoms with Crippen LogP contribution in [0.5, 0.6) is 0 Å². The Kier molecular flexibility index (Phi) is 7.84. The number of hydrogen-bond acceptors (Lipinski definition) is 4. The van der Waals surface area contributed by atoms with E-state index in [0.717, 1.165) is 18.2 Å². The van der Waals surface area contributed by atoms with Crippen LogP contribution >= 0.6 is 0 Å². The summed E-state index contributed by atoms with van der Waals surface area (Å²) in [4.78, 5) is 25.1. The molecule has 8 heteroatoms. The van der Waals surface area contributed by atoms with Crippen LogP contribution in [-0.2, 0) is 16.6 Å². The van der Waals surface area contributed by atoms with E-state index >= 15 is 0 Å². The predicted octanol–water partition coefficient (Wildman–Crippen LogP) is 4.04.